The minimum absolute atomic E-state index is 0.162. The van der Waals surface area contributed by atoms with Crippen LogP contribution in [0.25, 0.3) is 0 Å². The summed E-state index contributed by atoms with van der Waals surface area (Å²) in [6, 6.07) is 2.20. The topological polar surface area (TPSA) is 41.6 Å². The van der Waals surface area contributed by atoms with Crippen molar-refractivity contribution < 1.29 is 9.53 Å². The maximum Gasteiger partial charge on any atom is 0.261 e. The molecule has 3 fully saturated rings. The Morgan fingerprint density at radius 2 is 1.97 bits per heavy atom. The fraction of sp³-hybridized carbons (Fsp3) is 0.792. The second-order valence-electron chi connectivity index (χ2n) is 10.0. The van der Waals surface area contributed by atoms with Gasteiger partial charge >= 0.3 is 0 Å². The van der Waals surface area contributed by atoms with Crippen molar-refractivity contribution in [2.45, 2.75) is 76.7 Å². The third-order valence-electron chi connectivity index (χ3n) is 7.84. The van der Waals surface area contributed by atoms with Gasteiger partial charge in [-0.1, -0.05) is 25.7 Å². The van der Waals surface area contributed by atoms with Gasteiger partial charge in [0.15, 0.2) is 0 Å². The predicted molar refractivity (Wildman–Crippen MR) is 118 cm³/mol. The van der Waals surface area contributed by atoms with Crippen molar-refractivity contribution in [2.24, 2.45) is 11.3 Å². The highest BCUT2D eigenvalue weighted by Crippen LogP contribution is 2.40. The van der Waals surface area contributed by atoms with E-state index >= 15 is 0 Å². The number of aryl methyl sites for hydroxylation is 2. The lowest BCUT2D eigenvalue weighted by atomic mass is 9.85. The number of hydrogen-bond donors (Lipinski definition) is 1. The van der Waals surface area contributed by atoms with E-state index in [1.54, 1.807) is 11.3 Å². The van der Waals surface area contributed by atoms with Crippen LogP contribution in [0.1, 0.15) is 77.9 Å². The second kappa shape index (κ2) is 8.68. The molecule has 5 heteroatoms. The van der Waals surface area contributed by atoms with Crippen molar-refractivity contribution in [1.82, 2.24) is 10.2 Å². The van der Waals surface area contributed by atoms with Crippen LogP contribution in [-0.4, -0.2) is 49.7 Å². The van der Waals surface area contributed by atoms with Gasteiger partial charge in [-0.2, -0.15) is 0 Å². The normalized spacial score (nSPS) is 29.2. The van der Waals surface area contributed by atoms with Crippen LogP contribution >= 0.6 is 11.3 Å². The summed E-state index contributed by atoms with van der Waals surface area (Å²) in [5, 5.41) is 3.36. The molecule has 1 amide bonds. The molecule has 1 N–H and O–H groups in total. The highest BCUT2D eigenvalue weighted by atomic mass is 32.1. The van der Waals surface area contributed by atoms with Gasteiger partial charge in [0, 0.05) is 49.0 Å². The fourth-order valence-electron chi connectivity index (χ4n) is 6.19. The Bertz CT molecular complexity index is 687. The van der Waals surface area contributed by atoms with Crippen LogP contribution in [0, 0.1) is 11.3 Å². The summed E-state index contributed by atoms with van der Waals surface area (Å²) in [5.74, 6) is 0.906. The maximum absolute atomic E-state index is 13.0. The Kier molecular flexibility index (Phi) is 5.99. The molecule has 1 saturated carbocycles. The number of nitrogens with zero attached hydrogens (tertiary/aromatic N) is 1. The van der Waals surface area contributed by atoms with E-state index < -0.39 is 0 Å². The Hall–Kier alpha value is -0.910. The van der Waals surface area contributed by atoms with E-state index in [2.05, 4.69) is 16.3 Å². The van der Waals surface area contributed by atoms with Crippen molar-refractivity contribution in [2.75, 3.05) is 32.8 Å². The Morgan fingerprint density at radius 1 is 1.14 bits per heavy atom. The van der Waals surface area contributed by atoms with Crippen LogP contribution in [0.15, 0.2) is 6.07 Å². The Labute approximate surface area is 179 Å². The molecule has 29 heavy (non-hydrogen) atoms. The number of fused-ring (bicyclic) bond motifs is 2. The smallest absolute Gasteiger partial charge is 0.261 e. The number of thiophene rings is 1. The summed E-state index contributed by atoms with van der Waals surface area (Å²) in [5.41, 5.74) is 1.71. The number of carbonyl (C=O) groups is 1. The molecule has 0 unspecified atom stereocenters. The van der Waals surface area contributed by atoms with Crippen molar-refractivity contribution in [1.29, 1.82) is 0 Å². The van der Waals surface area contributed by atoms with E-state index in [1.807, 2.05) is 0 Å². The number of amides is 1. The first-order chi connectivity index (χ1) is 14.2. The first-order valence-corrected chi connectivity index (χ1v) is 12.8. The van der Waals surface area contributed by atoms with Gasteiger partial charge in [-0.3, -0.25) is 9.69 Å². The lowest BCUT2D eigenvalue weighted by Gasteiger charge is -2.34. The molecular formula is C24H36N2O2S. The third kappa shape index (κ3) is 4.42. The predicted octanol–water partition coefficient (Wildman–Crippen LogP) is 4.42. The van der Waals surface area contributed by atoms with E-state index in [0.717, 1.165) is 49.9 Å². The zero-order valence-electron chi connectivity index (χ0n) is 17.7. The van der Waals surface area contributed by atoms with E-state index in [4.69, 9.17) is 4.74 Å². The van der Waals surface area contributed by atoms with Gasteiger partial charge in [0.1, 0.15) is 0 Å². The van der Waals surface area contributed by atoms with Crippen molar-refractivity contribution >= 4 is 17.2 Å². The number of carbonyl (C=O) groups excluding carboxylic acids is 1. The standard InChI is InChI=1S/C24H36N2O2S/c27-23(22-13-18-7-3-1-2-4-8-21(18)29-22)25-16-24(10-5-6-11-24)17-26-14-19-9-12-28-20(19)15-26/h13,19-20H,1-12,14-17H2,(H,25,27)/t19-,20+/m1/s1. The van der Waals surface area contributed by atoms with Crippen LogP contribution in [0.3, 0.4) is 0 Å². The Balaban J connectivity index is 1.20. The van der Waals surface area contributed by atoms with Gasteiger partial charge in [0.2, 0.25) is 0 Å². The number of hydrogen-bond acceptors (Lipinski definition) is 4. The van der Waals surface area contributed by atoms with Crippen LogP contribution in [0.2, 0.25) is 0 Å². The number of rotatable bonds is 5. The molecule has 2 aliphatic heterocycles. The van der Waals surface area contributed by atoms with Crippen LogP contribution in [-0.2, 0) is 17.6 Å². The molecule has 4 aliphatic rings. The molecule has 160 valence electrons. The molecular weight excluding hydrogens is 380 g/mol. The monoisotopic (exact) mass is 416 g/mol. The first kappa shape index (κ1) is 20.0. The summed E-state index contributed by atoms with van der Waals surface area (Å²) in [4.78, 5) is 18.0. The maximum atomic E-state index is 13.0. The van der Waals surface area contributed by atoms with Crippen LogP contribution in [0.4, 0.5) is 0 Å². The third-order valence-corrected chi connectivity index (χ3v) is 9.08. The van der Waals surface area contributed by atoms with E-state index in [1.165, 1.54) is 74.8 Å². The van der Waals surface area contributed by atoms with E-state index in [-0.39, 0.29) is 11.3 Å². The number of likely N-dealkylation sites (tertiary alicyclic amines) is 1. The zero-order chi connectivity index (χ0) is 19.7. The first-order valence-electron chi connectivity index (χ1n) is 11.9. The minimum atomic E-state index is 0.162. The molecule has 0 radical (unpaired) electrons. The molecule has 2 aliphatic carbocycles. The van der Waals surface area contributed by atoms with Gasteiger partial charge in [-0.25, -0.2) is 0 Å². The zero-order valence-corrected chi connectivity index (χ0v) is 18.5. The average Bonchev–Trinajstić information content (AvgIpc) is 3.45. The van der Waals surface area contributed by atoms with E-state index in [0.29, 0.717) is 6.10 Å². The van der Waals surface area contributed by atoms with Gasteiger partial charge in [0.05, 0.1) is 11.0 Å². The average molecular weight is 417 g/mol. The summed E-state index contributed by atoms with van der Waals surface area (Å²) < 4.78 is 5.91. The van der Waals surface area contributed by atoms with Crippen LogP contribution < -0.4 is 5.32 Å². The molecule has 0 bridgehead atoms. The molecule has 2 saturated heterocycles. The van der Waals surface area contributed by atoms with Gasteiger partial charge < -0.3 is 10.1 Å². The SMILES string of the molecule is O=C(NCC1(CN2C[C@H]3CCO[C@H]3C2)CCCC1)c1cc2c(s1)CCCCCC2. The summed E-state index contributed by atoms with van der Waals surface area (Å²) in [6.45, 7) is 5.21. The molecule has 1 aromatic rings. The molecule has 4 nitrogen and oxygen atoms in total. The Morgan fingerprint density at radius 3 is 2.79 bits per heavy atom. The summed E-state index contributed by atoms with van der Waals surface area (Å²) in [6.07, 6.45) is 14.4. The van der Waals surface area contributed by atoms with Crippen molar-refractivity contribution in [3.8, 4) is 0 Å². The summed E-state index contributed by atoms with van der Waals surface area (Å²) in [7, 11) is 0. The molecule has 0 aromatic carbocycles. The fourth-order valence-corrected chi connectivity index (χ4v) is 7.36. The van der Waals surface area contributed by atoms with Crippen molar-refractivity contribution in [3.63, 3.8) is 0 Å². The quantitative estimate of drug-likeness (QED) is 0.773. The van der Waals surface area contributed by atoms with Gasteiger partial charge in [-0.15, -0.1) is 11.3 Å². The van der Waals surface area contributed by atoms with Gasteiger partial charge in [0.25, 0.3) is 5.91 Å². The van der Waals surface area contributed by atoms with Crippen molar-refractivity contribution in [3.05, 3.63) is 21.4 Å². The highest BCUT2D eigenvalue weighted by Gasteiger charge is 2.42. The number of ether oxygens (including phenoxy) is 1. The van der Waals surface area contributed by atoms with E-state index in [9.17, 15) is 4.79 Å². The molecule has 3 heterocycles. The lowest BCUT2D eigenvalue weighted by Crippen LogP contribution is -2.44. The van der Waals surface area contributed by atoms with Gasteiger partial charge in [-0.05, 0) is 56.6 Å². The largest absolute Gasteiger partial charge is 0.377 e. The minimum Gasteiger partial charge on any atom is -0.377 e. The lowest BCUT2D eigenvalue weighted by molar-refractivity contribution is 0.0832. The molecule has 0 spiro atoms. The molecule has 5 rings (SSSR count). The molecule has 2 atom stereocenters. The summed E-state index contributed by atoms with van der Waals surface area (Å²) >= 11 is 1.75. The highest BCUT2D eigenvalue weighted by molar-refractivity contribution is 7.14. The molecule has 1 aromatic heterocycles. The second-order valence-corrected chi connectivity index (χ2v) is 11.2. The van der Waals surface area contributed by atoms with Crippen LogP contribution in [0.5, 0.6) is 0 Å². The number of nitrogens with one attached hydrogen (secondary N) is 1.